The molecule has 8 nitrogen and oxygen atoms in total. The van der Waals surface area contributed by atoms with Crippen LogP contribution in [0.1, 0.15) is 22.8 Å². The fourth-order valence-corrected chi connectivity index (χ4v) is 4.86. The molecule has 39 heavy (non-hydrogen) atoms. The van der Waals surface area contributed by atoms with Gasteiger partial charge in [-0.05, 0) is 72.8 Å². The van der Waals surface area contributed by atoms with E-state index in [-0.39, 0.29) is 29.7 Å². The van der Waals surface area contributed by atoms with Crippen LogP contribution in [0, 0.1) is 0 Å². The zero-order chi connectivity index (χ0) is 27.9. The number of amides is 3. The van der Waals surface area contributed by atoms with Crippen molar-refractivity contribution in [2.75, 3.05) is 25.1 Å². The number of imide groups is 1. The number of anilines is 1. The highest BCUT2D eigenvalue weighted by molar-refractivity contribution is 9.10. The lowest BCUT2D eigenvalue weighted by Gasteiger charge is -2.13. The molecule has 1 aliphatic heterocycles. The van der Waals surface area contributed by atoms with Crippen LogP contribution >= 0.6 is 39.3 Å². The molecule has 3 aromatic rings. The monoisotopic (exact) mass is 628 g/mol. The summed E-state index contributed by atoms with van der Waals surface area (Å²) in [5.74, 6) is -0.568. The van der Waals surface area contributed by atoms with Gasteiger partial charge in [-0.15, -0.1) is 0 Å². The lowest BCUT2D eigenvalue weighted by molar-refractivity contribution is -0.122. The van der Waals surface area contributed by atoms with Gasteiger partial charge in [0.05, 0.1) is 18.1 Å². The first-order valence-electron chi connectivity index (χ1n) is 11.7. The zero-order valence-corrected chi connectivity index (χ0v) is 23.8. The third kappa shape index (κ3) is 7.50. The van der Waals surface area contributed by atoms with Crippen molar-refractivity contribution >= 4 is 73.9 Å². The molecular weight excluding hydrogens is 608 g/mol. The third-order valence-corrected chi connectivity index (χ3v) is 7.05. The summed E-state index contributed by atoms with van der Waals surface area (Å²) >= 11 is 10.0. The Balaban J connectivity index is 1.43. The van der Waals surface area contributed by atoms with Crippen molar-refractivity contribution in [1.29, 1.82) is 0 Å². The van der Waals surface area contributed by atoms with Crippen molar-refractivity contribution in [3.63, 3.8) is 0 Å². The number of ketones is 1. The summed E-state index contributed by atoms with van der Waals surface area (Å²) in [6.07, 6.45) is 1.55. The van der Waals surface area contributed by atoms with E-state index < -0.39 is 11.1 Å². The van der Waals surface area contributed by atoms with Gasteiger partial charge in [-0.2, -0.15) is 0 Å². The van der Waals surface area contributed by atoms with Gasteiger partial charge < -0.3 is 14.8 Å². The molecule has 11 heteroatoms. The molecule has 0 radical (unpaired) electrons. The maximum absolute atomic E-state index is 12.9. The Morgan fingerprint density at radius 3 is 2.51 bits per heavy atom. The summed E-state index contributed by atoms with van der Waals surface area (Å²) in [6.45, 7) is 1.52. The van der Waals surface area contributed by atoms with Crippen LogP contribution in [0.25, 0.3) is 6.08 Å². The second kappa shape index (κ2) is 13.0. The largest absolute Gasteiger partial charge is 0.490 e. The van der Waals surface area contributed by atoms with Crippen molar-refractivity contribution in [2.45, 2.75) is 6.92 Å². The number of hydrogen-bond acceptors (Lipinski definition) is 7. The average Bonchev–Trinajstić information content (AvgIpc) is 3.16. The smallest absolute Gasteiger partial charge is 0.293 e. The molecule has 1 N–H and O–H groups in total. The number of carbonyl (C=O) groups excluding carboxylic acids is 4. The van der Waals surface area contributed by atoms with E-state index in [1.807, 2.05) is 0 Å². The number of benzene rings is 3. The molecule has 4 rings (SSSR count). The van der Waals surface area contributed by atoms with Crippen LogP contribution in [0.15, 0.2) is 76.1 Å². The van der Waals surface area contributed by atoms with Crippen molar-refractivity contribution in [3.8, 4) is 11.5 Å². The molecule has 0 atom stereocenters. The zero-order valence-electron chi connectivity index (χ0n) is 20.6. The van der Waals surface area contributed by atoms with Gasteiger partial charge in [-0.25, -0.2) is 0 Å². The molecule has 0 spiro atoms. The van der Waals surface area contributed by atoms with Crippen LogP contribution in [0.4, 0.5) is 10.5 Å². The fourth-order valence-electron chi connectivity index (χ4n) is 3.57. The highest BCUT2D eigenvalue weighted by Gasteiger charge is 2.36. The number of rotatable bonds is 10. The van der Waals surface area contributed by atoms with E-state index in [0.717, 1.165) is 21.1 Å². The second-order valence-corrected chi connectivity index (χ2v) is 10.5. The van der Waals surface area contributed by atoms with Gasteiger partial charge in [0.2, 0.25) is 0 Å². The predicted molar refractivity (Wildman–Crippen MR) is 154 cm³/mol. The summed E-state index contributed by atoms with van der Waals surface area (Å²) in [5.41, 5.74) is 1.53. The number of thioether (sulfide) groups is 1. The predicted octanol–water partition coefficient (Wildman–Crippen LogP) is 6.44. The molecule has 0 saturated carbocycles. The molecule has 0 bridgehead atoms. The molecule has 1 fully saturated rings. The summed E-state index contributed by atoms with van der Waals surface area (Å²) in [6, 6.07) is 18.4. The van der Waals surface area contributed by atoms with Crippen molar-refractivity contribution in [1.82, 2.24) is 4.90 Å². The molecule has 200 valence electrons. The minimum absolute atomic E-state index is 0.181. The highest BCUT2D eigenvalue weighted by Crippen LogP contribution is 2.35. The van der Waals surface area contributed by atoms with Crippen LogP contribution in [0.5, 0.6) is 11.5 Å². The van der Waals surface area contributed by atoms with Crippen molar-refractivity contribution in [2.24, 2.45) is 0 Å². The van der Waals surface area contributed by atoms with Gasteiger partial charge in [0.1, 0.15) is 0 Å². The Labute approximate surface area is 242 Å². The number of nitrogens with zero attached hydrogens (tertiary/aromatic N) is 1. The Morgan fingerprint density at radius 1 is 1.03 bits per heavy atom. The van der Waals surface area contributed by atoms with E-state index in [0.29, 0.717) is 39.9 Å². The van der Waals surface area contributed by atoms with Crippen LogP contribution in [0.3, 0.4) is 0 Å². The van der Waals surface area contributed by atoms with Gasteiger partial charge in [0.25, 0.3) is 17.1 Å². The summed E-state index contributed by atoms with van der Waals surface area (Å²) in [4.78, 5) is 51.4. The second-order valence-electron chi connectivity index (χ2n) is 8.18. The van der Waals surface area contributed by atoms with E-state index in [4.69, 9.17) is 21.1 Å². The molecule has 0 unspecified atom stereocenters. The maximum atomic E-state index is 12.9. The fraction of sp³-hybridized carbons (Fsp3) is 0.143. The Kier molecular flexibility index (Phi) is 9.45. The maximum Gasteiger partial charge on any atom is 0.293 e. The molecule has 1 heterocycles. The van der Waals surface area contributed by atoms with Crippen molar-refractivity contribution < 1.29 is 28.7 Å². The SMILES string of the molecule is CCOc1cc(/C=C2/SC(=O)N(CC(=O)c3ccc(Br)cc3)C2=O)ccc1OCC(=O)Nc1cccc(Cl)c1. The van der Waals surface area contributed by atoms with E-state index in [1.54, 1.807) is 79.7 Å². The van der Waals surface area contributed by atoms with Crippen molar-refractivity contribution in [3.05, 3.63) is 92.3 Å². The molecular formula is C28H22BrClN2O6S. The summed E-state index contributed by atoms with van der Waals surface area (Å²) < 4.78 is 12.1. The molecule has 3 aromatic carbocycles. The Hall–Kier alpha value is -3.60. The minimum Gasteiger partial charge on any atom is -0.490 e. The Morgan fingerprint density at radius 2 is 1.79 bits per heavy atom. The molecule has 0 aromatic heterocycles. The van der Waals surface area contributed by atoms with E-state index in [9.17, 15) is 19.2 Å². The van der Waals surface area contributed by atoms with Gasteiger partial charge in [-0.3, -0.25) is 24.1 Å². The number of carbonyl (C=O) groups is 4. The summed E-state index contributed by atoms with van der Waals surface area (Å²) in [7, 11) is 0. The lowest BCUT2D eigenvalue weighted by Crippen LogP contribution is -2.33. The quantitative estimate of drug-likeness (QED) is 0.203. The van der Waals surface area contributed by atoms with E-state index in [1.165, 1.54) is 0 Å². The van der Waals surface area contributed by atoms with Crippen LogP contribution < -0.4 is 14.8 Å². The topological polar surface area (TPSA) is 102 Å². The normalized spacial score (nSPS) is 14.0. The molecule has 1 aliphatic rings. The first kappa shape index (κ1) is 28.4. The van der Waals surface area contributed by atoms with Gasteiger partial charge in [0, 0.05) is 20.7 Å². The molecule has 3 amide bonds. The number of halogens is 2. The average molecular weight is 630 g/mol. The number of Topliss-reactive ketones (excluding diaryl/α,β-unsaturated/α-hetero) is 1. The van der Waals surface area contributed by atoms with Crippen LogP contribution in [0.2, 0.25) is 5.02 Å². The Bertz CT molecular complexity index is 1460. The van der Waals surface area contributed by atoms with Crippen LogP contribution in [-0.2, 0) is 9.59 Å². The first-order chi connectivity index (χ1) is 18.7. The lowest BCUT2D eigenvalue weighted by atomic mass is 10.1. The third-order valence-electron chi connectivity index (χ3n) is 5.37. The summed E-state index contributed by atoms with van der Waals surface area (Å²) in [5, 5.41) is 2.68. The van der Waals surface area contributed by atoms with Gasteiger partial charge >= 0.3 is 0 Å². The first-order valence-corrected chi connectivity index (χ1v) is 13.7. The highest BCUT2D eigenvalue weighted by atomic mass is 79.9. The number of hydrogen-bond donors (Lipinski definition) is 1. The standard InChI is InChI=1S/C28H22BrClN2O6S/c1-2-37-24-12-17(6-11-23(24)38-16-26(34)31-21-5-3-4-20(30)14-21)13-25-27(35)32(28(36)39-25)15-22(33)18-7-9-19(29)10-8-18/h3-14H,2,15-16H2,1H3,(H,31,34)/b25-13+. The molecule has 0 aliphatic carbocycles. The number of ether oxygens (including phenoxy) is 2. The van der Waals surface area contributed by atoms with E-state index >= 15 is 0 Å². The van der Waals surface area contributed by atoms with Gasteiger partial charge in [0.15, 0.2) is 23.9 Å². The van der Waals surface area contributed by atoms with E-state index in [2.05, 4.69) is 21.2 Å². The van der Waals surface area contributed by atoms with Crippen LogP contribution in [-0.4, -0.2) is 47.5 Å². The molecule has 1 saturated heterocycles. The number of nitrogens with one attached hydrogen (secondary N) is 1. The van der Waals surface area contributed by atoms with Gasteiger partial charge in [-0.1, -0.05) is 51.8 Å². The minimum atomic E-state index is -0.550.